The summed E-state index contributed by atoms with van der Waals surface area (Å²) in [4.78, 5) is 21.4. The van der Waals surface area contributed by atoms with Crippen molar-refractivity contribution >= 4 is 5.65 Å². The number of nitrogens with zero attached hydrogens (tertiary/aromatic N) is 3. The molecule has 0 radical (unpaired) electrons. The number of aromatic amines is 1. The van der Waals surface area contributed by atoms with Gasteiger partial charge in [-0.05, 0) is 25.1 Å². The Hall–Kier alpha value is -3.55. The van der Waals surface area contributed by atoms with Gasteiger partial charge >= 0.3 is 0 Å². The summed E-state index contributed by atoms with van der Waals surface area (Å²) in [6, 6.07) is 6.91. The average molecular weight is 336 g/mol. The smallest absolute Gasteiger partial charge is 0.273 e. The molecule has 5 rings (SSSR count). The van der Waals surface area contributed by atoms with Gasteiger partial charge < -0.3 is 13.9 Å². The molecule has 1 aliphatic rings. The lowest BCUT2D eigenvalue weighted by Crippen LogP contribution is -2.14. The lowest BCUT2D eigenvalue weighted by Gasteiger charge is -2.03. The summed E-state index contributed by atoms with van der Waals surface area (Å²) in [5.74, 6) is 1.72. The molecule has 0 bridgehead atoms. The van der Waals surface area contributed by atoms with Crippen LogP contribution in [0.15, 0.2) is 45.9 Å². The molecule has 3 aromatic heterocycles. The summed E-state index contributed by atoms with van der Waals surface area (Å²) in [5.41, 5.74) is 2.89. The van der Waals surface area contributed by atoms with Gasteiger partial charge in [-0.2, -0.15) is 0 Å². The van der Waals surface area contributed by atoms with E-state index in [0.29, 0.717) is 34.3 Å². The van der Waals surface area contributed by atoms with E-state index in [4.69, 9.17) is 13.9 Å². The van der Waals surface area contributed by atoms with E-state index in [2.05, 4.69) is 15.1 Å². The molecular formula is C17H12N4O4. The number of aryl methyl sites for hydroxylation is 1. The number of aromatic nitrogens is 4. The molecule has 4 aromatic rings. The fourth-order valence-corrected chi connectivity index (χ4v) is 2.82. The zero-order chi connectivity index (χ0) is 17.0. The molecule has 124 valence electrons. The standard InChI is InChI=1S/C17H12N4O4/c1-9-7-23-17(19-9)11-6-18-21-15(22)5-12(20-16(11)21)10-2-3-13-14(4-10)25-8-24-13/h2-7,18H,8H2,1H3. The van der Waals surface area contributed by atoms with E-state index in [9.17, 15) is 4.79 Å². The van der Waals surface area contributed by atoms with Gasteiger partial charge in [0.1, 0.15) is 6.26 Å². The summed E-state index contributed by atoms with van der Waals surface area (Å²) in [6.45, 7) is 2.03. The maximum atomic E-state index is 12.4. The molecule has 0 amide bonds. The van der Waals surface area contributed by atoms with E-state index in [1.54, 1.807) is 18.5 Å². The van der Waals surface area contributed by atoms with Gasteiger partial charge in [0.05, 0.1) is 17.0 Å². The maximum Gasteiger partial charge on any atom is 0.273 e. The van der Waals surface area contributed by atoms with Gasteiger partial charge in [-0.1, -0.05) is 0 Å². The van der Waals surface area contributed by atoms with Crippen molar-refractivity contribution in [3.8, 4) is 34.2 Å². The molecule has 0 fully saturated rings. The highest BCUT2D eigenvalue weighted by Gasteiger charge is 2.18. The third-order valence-corrected chi connectivity index (χ3v) is 4.02. The lowest BCUT2D eigenvalue weighted by molar-refractivity contribution is 0.174. The second kappa shape index (κ2) is 4.97. The summed E-state index contributed by atoms with van der Waals surface area (Å²) in [5, 5.41) is 2.88. The van der Waals surface area contributed by atoms with Crippen LogP contribution in [-0.2, 0) is 0 Å². The molecule has 25 heavy (non-hydrogen) atoms. The predicted molar refractivity (Wildman–Crippen MR) is 87.6 cm³/mol. The number of ether oxygens (including phenoxy) is 2. The monoisotopic (exact) mass is 336 g/mol. The number of nitrogens with one attached hydrogen (secondary N) is 1. The van der Waals surface area contributed by atoms with Crippen LogP contribution in [0.2, 0.25) is 0 Å². The van der Waals surface area contributed by atoms with E-state index >= 15 is 0 Å². The highest BCUT2D eigenvalue weighted by Crippen LogP contribution is 2.35. The normalized spacial score (nSPS) is 12.8. The highest BCUT2D eigenvalue weighted by molar-refractivity contribution is 5.74. The van der Waals surface area contributed by atoms with Crippen LogP contribution in [-0.4, -0.2) is 26.4 Å². The predicted octanol–water partition coefficient (Wildman–Crippen LogP) is 2.38. The Morgan fingerprint density at radius 2 is 2.04 bits per heavy atom. The molecule has 0 unspecified atom stereocenters. The first kappa shape index (κ1) is 13.8. The zero-order valence-electron chi connectivity index (χ0n) is 13.1. The van der Waals surface area contributed by atoms with Crippen LogP contribution in [0.25, 0.3) is 28.4 Å². The number of hydrogen-bond donors (Lipinski definition) is 1. The Morgan fingerprint density at radius 1 is 1.16 bits per heavy atom. The van der Waals surface area contributed by atoms with Gasteiger partial charge in [-0.15, -0.1) is 0 Å². The van der Waals surface area contributed by atoms with Crippen molar-refractivity contribution in [3.05, 3.63) is 52.8 Å². The number of benzene rings is 1. The van der Waals surface area contributed by atoms with Crippen molar-refractivity contribution < 1.29 is 13.9 Å². The molecule has 0 saturated heterocycles. The van der Waals surface area contributed by atoms with E-state index in [1.165, 1.54) is 10.6 Å². The topological polar surface area (TPSA) is 94.7 Å². The van der Waals surface area contributed by atoms with Crippen LogP contribution >= 0.6 is 0 Å². The first-order chi connectivity index (χ1) is 12.2. The largest absolute Gasteiger partial charge is 0.454 e. The Kier molecular flexibility index (Phi) is 2.75. The molecule has 4 heterocycles. The van der Waals surface area contributed by atoms with Gasteiger partial charge in [0.2, 0.25) is 12.7 Å². The first-order valence-corrected chi connectivity index (χ1v) is 7.63. The number of hydrogen-bond acceptors (Lipinski definition) is 6. The van der Waals surface area contributed by atoms with Crippen LogP contribution in [0, 0.1) is 6.92 Å². The number of oxazole rings is 1. The van der Waals surface area contributed by atoms with Crippen molar-refractivity contribution in [3.63, 3.8) is 0 Å². The van der Waals surface area contributed by atoms with Gasteiger partial charge in [0.25, 0.3) is 5.56 Å². The molecule has 0 spiro atoms. The minimum atomic E-state index is -0.229. The number of rotatable bonds is 2. The molecular weight excluding hydrogens is 324 g/mol. The van der Waals surface area contributed by atoms with Gasteiger partial charge in [0, 0.05) is 17.8 Å². The summed E-state index contributed by atoms with van der Waals surface area (Å²) in [7, 11) is 0. The Balaban J connectivity index is 1.71. The van der Waals surface area contributed by atoms with Crippen LogP contribution in [0.1, 0.15) is 5.69 Å². The van der Waals surface area contributed by atoms with Crippen molar-refractivity contribution in [2.24, 2.45) is 0 Å². The third kappa shape index (κ3) is 2.11. The van der Waals surface area contributed by atoms with Gasteiger partial charge in [-0.25, -0.2) is 14.5 Å². The lowest BCUT2D eigenvalue weighted by atomic mass is 10.1. The average Bonchev–Trinajstić information content (AvgIpc) is 3.32. The minimum Gasteiger partial charge on any atom is -0.454 e. The first-order valence-electron chi connectivity index (χ1n) is 7.63. The van der Waals surface area contributed by atoms with Crippen LogP contribution in [0.4, 0.5) is 0 Å². The Labute approximate surface area is 140 Å². The quantitative estimate of drug-likeness (QED) is 0.604. The molecule has 0 aliphatic carbocycles. The molecule has 1 N–H and O–H groups in total. The van der Waals surface area contributed by atoms with E-state index in [1.807, 2.05) is 19.1 Å². The van der Waals surface area contributed by atoms with Crippen molar-refractivity contribution in [1.29, 1.82) is 0 Å². The van der Waals surface area contributed by atoms with Crippen molar-refractivity contribution in [2.45, 2.75) is 6.92 Å². The molecule has 0 saturated carbocycles. The van der Waals surface area contributed by atoms with Gasteiger partial charge in [-0.3, -0.25) is 9.89 Å². The van der Waals surface area contributed by atoms with Crippen LogP contribution in [0.5, 0.6) is 11.5 Å². The van der Waals surface area contributed by atoms with E-state index in [-0.39, 0.29) is 12.4 Å². The fourth-order valence-electron chi connectivity index (χ4n) is 2.82. The van der Waals surface area contributed by atoms with E-state index < -0.39 is 0 Å². The minimum absolute atomic E-state index is 0.194. The molecule has 8 heteroatoms. The number of H-pyrrole nitrogens is 1. The van der Waals surface area contributed by atoms with Crippen LogP contribution in [0.3, 0.4) is 0 Å². The Morgan fingerprint density at radius 3 is 2.88 bits per heavy atom. The fraction of sp³-hybridized carbons (Fsp3) is 0.118. The van der Waals surface area contributed by atoms with E-state index in [0.717, 1.165) is 11.3 Å². The summed E-state index contributed by atoms with van der Waals surface area (Å²) < 4.78 is 17.5. The second-order valence-electron chi connectivity index (χ2n) is 5.69. The molecule has 1 aliphatic heterocycles. The second-order valence-corrected chi connectivity index (χ2v) is 5.69. The molecule has 1 aromatic carbocycles. The number of fused-ring (bicyclic) bond motifs is 2. The van der Waals surface area contributed by atoms with Gasteiger partial charge in [0.15, 0.2) is 17.1 Å². The van der Waals surface area contributed by atoms with Crippen molar-refractivity contribution in [2.75, 3.05) is 6.79 Å². The summed E-state index contributed by atoms with van der Waals surface area (Å²) in [6.07, 6.45) is 3.21. The molecule has 0 atom stereocenters. The zero-order valence-corrected chi connectivity index (χ0v) is 13.1. The highest BCUT2D eigenvalue weighted by atomic mass is 16.7. The van der Waals surface area contributed by atoms with Crippen molar-refractivity contribution in [1.82, 2.24) is 19.6 Å². The van der Waals surface area contributed by atoms with Crippen LogP contribution < -0.4 is 15.0 Å². The maximum absolute atomic E-state index is 12.4. The SMILES string of the molecule is Cc1coc(-c2c[nH]n3c(=O)cc(-c4ccc5c(c4)OCO5)nc23)n1. The third-order valence-electron chi connectivity index (χ3n) is 4.02. The molecule has 8 nitrogen and oxygen atoms in total. The summed E-state index contributed by atoms with van der Waals surface area (Å²) >= 11 is 0. The Bertz CT molecular complexity index is 1170.